The lowest BCUT2D eigenvalue weighted by molar-refractivity contribution is 0.100. The highest BCUT2D eigenvalue weighted by atomic mass is 32.2. The molecule has 1 aliphatic carbocycles. The summed E-state index contributed by atoms with van der Waals surface area (Å²) in [5.74, 6) is -0.448. The van der Waals surface area contributed by atoms with Crippen molar-refractivity contribution < 1.29 is 9.90 Å². The zero-order chi connectivity index (χ0) is 20.9. The molecular weight excluding hydrogens is 394 g/mol. The number of nitrogens with zero attached hydrogens (tertiary/aromatic N) is 1. The number of benzene rings is 2. The van der Waals surface area contributed by atoms with E-state index in [2.05, 4.69) is 22.4 Å². The molecule has 0 atom stereocenters. The third kappa shape index (κ3) is 4.83. The van der Waals surface area contributed by atoms with Crippen LogP contribution in [0.3, 0.4) is 0 Å². The van der Waals surface area contributed by atoms with E-state index in [4.69, 9.17) is 5.73 Å². The fourth-order valence-corrected chi connectivity index (χ4v) is 4.73. The molecule has 154 valence electrons. The van der Waals surface area contributed by atoms with Crippen LogP contribution in [0.5, 0.6) is 0 Å². The van der Waals surface area contributed by atoms with E-state index in [1.165, 1.54) is 0 Å². The number of nitrogens with one attached hydrogen (secondary N) is 1. The van der Waals surface area contributed by atoms with Crippen molar-refractivity contribution in [1.82, 2.24) is 4.98 Å². The summed E-state index contributed by atoms with van der Waals surface area (Å²) in [6.07, 6.45) is 4.85. The highest BCUT2D eigenvalue weighted by Gasteiger charge is 2.21. The molecule has 1 aliphatic rings. The molecule has 0 spiro atoms. The maximum Gasteiger partial charge on any atom is 0.250 e. The molecule has 0 saturated heterocycles. The van der Waals surface area contributed by atoms with Gasteiger partial charge in [0.15, 0.2) is 0 Å². The SMILES string of the molecule is NC(=O)c1ccc(-c2ccccc2Sc2ccccn2)cc1NC1CCC(O)CC1. The molecule has 5 nitrogen and oxygen atoms in total. The molecular formula is C24H25N3O2S. The minimum absolute atomic E-state index is 0.222. The zero-order valence-corrected chi connectivity index (χ0v) is 17.4. The van der Waals surface area contributed by atoms with Gasteiger partial charge in [0, 0.05) is 22.8 Å². The number of aliphatic hydroxyl groups excluding tert-OH is 1. The van der Waals surface area contributed by atoms with E-state index in [0.29, 0.717) is 5.56 Å². The van der Waals surface area contributed by atoms with Crippen LogP contribution in [-0.4, -0.2) is 28.1 Å². The van der Waals surface area contributed by atoms with E-state index in [0.717, 1.165) is 52.4 Å². The molecule has 1 fully saturated rings. The van der Waals surface area contributed by atoms with Gasteiger partial charge in [0.2, 0.25) is 0 Å². The van der Waals surface area contributed by atoms with Crippen LogP contribution in [0.15, 0.2) is 76.8 Å². The quantitative estimate of drug-likeness (QED) is 0.538. The lowest BCUT2D eigenvalue weighted by Crippen LogP contribution is -2.29. The Kier molecular flexibility index (Phi) is 6.35. The summed E-state index contributed by atoms with van der Waals surface area (Å²) >= 11 is 1.61. The molecule has 1 heterocycles. The minimum atomic E-state index is -0.448. The second-order valence-electron chi connectivity index (χ2n) is 7.54. The third-order valence-electron chi connectivity index (χ3n) is 5.39. The van der Waals surface area contributed by atoms with Crippen molar-refractivity contribution in [3.05, 3.63) is 72.4 Å². The van der Waals surface area contributed by atoms with Crippen LogP contribution in [0.4, 0.5) is 5.69 Å². The number of anilines is 1. The first-order valence-electron chi connectivity index (χ1n) is 10.2. The molecule has 6 heteroatoms. The van der Waals surface area contributed by atoms with Crippen molar-refractivity contribution in [1.29, 1.82) is 0 Å². The molecule has 4 rings (SSSR count). The molecule has 2 aromatic carbocycles. The van der Waals surface area contributed by atoms with Crippen LogP contribution in [-0.2, 0) is 0 Å². The summed E-state index contributed by atoms with van der Waals surface area (Å²) < 4.78 is 0. The molecule has 0 unspecified atom stereocenters. The van der Waals surface area contributed by atoms with E-state index in [1.54, 1.807) is 24.0 Å². The summed E-state index contributed by atoms with van der Waals surface area (Å²) in [6.45, 7) is 0. The van der Waals surface area contributed by atoms with Crippen LogP contribution >= 0.6 is 11.8 Å². The van der Waals surface area contributed by atoms with Gasteiger partial charge >= 0.3 is 0 Å². The van der Waals surface area contributed by atoms with E-state index >= 15 is 0 Å². The number of pyridine rings is 1. The van der Waals surface area contributed by atoms with Gasteiger partial charge in [-0.05, 0) is 67.1 Å². The van der Waals surface area contributed by atoms with Crippen molar-refractivity contribution in [2.24, 2.45) is 5.73 Å². The van der Waals surface area contributed by atoms with Gasteiger partial charge in [0.05, 0.1) is 11.7 Å². The monoisotopic (exact) mass is 419 g/mol. The minimum Gasteiger partial charge on any atom is -0.393 e. The number of carbonyl (C=O) groups is 1. The van der Waals surface area contributed by atoms with Crippen LogP contribution in [0.1, 0.15) is 36.0 Å². The fraction of sp³-hybridized carbons (Fsp3) is 0.250. The van der Waals surface area contributed by atoms with E-state index in [9.17, 15) is 9.90 Å². The van der Waals surface area contributed by atoms with Crippen molar-refractivity contribution in [2.45, 2.75) is 47.8 Å². The molecule has 4 N–H and O–H groups in total. The van der Waals surface area contributed by atoms with Gasteiger partial charge < -0.3 is 16.2 Å². The Morgan fingerprint density at radius 2 is 1.80 bits per heavy atom. The van der Waals surface area contributed by atoms with Crippen LogP contribution in [0, 0.1) is 0 Å². The number of primary amides is 1. The molecule has 3 aromatic rings. The third-order valence-corrected chi connectivity index (χ3v) is 6.42. The Bertz CT molecular complexity index is 1020. The normalized spacial score (nSPS) is 18.7. The Hall–Kier alpha value is -2.83. The van der Waals surface area contributed by atoms with Gasteiger partial charge in [-0.2, -0.15) is 0 Å². The lowest BCUT2D eigenvalue weighted by Gasteiger charge is -2.28. The number of aromatic nitrogens is 1. The van der Waals surface area contributed by atoms with Crippen LogP contribution in [0.25, 0.3) is 11.1 Å². The zero-order valence-electron chi connectivity index (χ0n) is 16.6. The molecule has 0 radical (unpaired) electrons. The van der Waals surface area contributed by atoms with E-state index in [-0.39, 0.29) is 12.1 Å². The van der Waals surface area contributed by atoms with Crippen LogP contribution in [0.2, 0.25) is 0 Å². The molecule has 0 bridgehead atoms. The van der Waals surface area contributed by atoms with E-state index in [1.807, 2.05) is 42.5 Å². The molecule has 0 aliphatic heterocycles. The van der Waals surface area contributed by atoms with Crippen LogP contribution < -0.4 is 11.1 Å². The summed E-state index contributed by atoms with van der Waals surface area (Å²) in [6, 6.07) is 20.0. The fourth-order valence-electron chi connectivity index (χ4n) is 3.80. The first kappa shape index (κ1) is 20.4. The Morgan fingerprint density at radius 3 is 2.53 bits per heavy atom. The Balaban J connectivity index is 1.66. The maximum absolute atomic E-state index is 12.0. The van der Waals surface area contributed by atoms with Gasteiger partial charge in [-0.15, -0.1) is 0 Å². The summed E-state index contributed by atoms with van der Waals surface area (Å²) in [7, 11) is 0. The van der Waals surface area contributed by atoms with Crippen molar-refractivity contribution in [2.75, 3.05) is 5.32 Å². The number of hydrogen-bond acceptors (Lipinski definition) is 5. The smallest absolute Gasteiger partial charge is 0.250 e. The van der Waals surface area contributed by atoms with Crippen molar-refractivity contribution in [3.8, 4) is 11.1 Å². The predicted molar refractivity (Wildman–Crippen MR) is 121 cm³/mol. The highest BCUT2D eigenvalue weighted by molar-refractivity contribution is 7.99. The lowest BCUT2D eigenvalue weighted by atomic mass is 9.92. The molecule has 30 heavy (non-hydrogen) atoms. The molecule has 1 saturated carbocycles. The molecule has 1 amide bonds. The van der Waals surface area contributed by atoms with Gasteiger partial charge in [-0.3, -0.25) is 4.79 Å². The average molecular weight is 420 g/mol. The van der Waals surface area contributed by atoms with Crippen molar-refractivity contribution >= 4 is 23.4 Å². The highest BCUT2D eigenvalue weighted by Crippen LogP contribution is 2.37. The number of hydrogen-bond donors (Lipinski definition) is 3. The second kappa shape index (κ2) is 9.32. The first-order valence-corrected chi connectivity index (χ1v) is 11.0. The Labute approximate surface area is 180 Å². The second-order valence-corrected chi connectivity index (χ2v) is 8.60. The van der Waals surface area contributed by atoms with Crippen molar-refractivity contribution in [3.63, 3.8) is 0 Å². The van der Waals surface area contributed by atoms with Gasteiger partial charge in [-0.25, -0.2) is 4.98 Å². The Morgan fingerprint density at radius 1 is 1.03 bits per heavy atom. The van der Waals surface area contributed by atoms with Gasteiger partial charge in [0.1, 0.15) is 5.03 Å². The predicted octanol–water partition coefficient (Wildman–Crippen LogP) is 4.71. The van der Waals surface area contributed by atoms with E-state index < -0.39 is 5.91 Å². The summed E-state index contributed by atoms with van der Waals surface area (Å²) in [4.78, 5) is 17.5. The summed E-state index contributed by atoms with van der Waals surface area (Å²) in [5.41, 5.74) is 8.95. The topological polar surface area (TPSA) is 88.2 Å². The van der Waals surface area contributed by atoms with Gasteiger partial charge in [-0.1, -0.05) is 42.1 Å². The maximum atomic E-state index is 12.0. The number of carbonyl (C=O) groups excluding carboxylic acids is 1. The largest absolute Gasteiger partial charge is 0.393 e. The van der Waals surface area contributed by atoms with Gasteiger partial charge in [0.25, 0.3) is 5.91 Å². The number of aliphatic hydroxyl groups is 1. The molecule has 1 aromatic heterocycles. The standard InChI is InChI=1S/C24H25N3O2S/c25-24(29)20-13-8-16(15-21(20)27-17-9-11-18(28)12-10-17)19-5-1-2-6-22(19)30-23-7-3-4-14-26-23/h1-8,13-15,17-18,27-28H,9-12H2,(H2,25,29). The first-order chi connectivity index (χ1) is 14.6. The average Bonchev–Trinajstić information content (AvgIpc) is 2.76. The number of rotatable bonds is 6. The number of amides is 1. The summed E-state index contributed by atoms with van der Waals surface area (Å²) in [5, 5.41) is 14.2. The number of nitrogens with two attached hydrogens (primary N) is 1.